The van der Waals surface area contributed by atoms with Crippen molar-refractivity contribution in [3.63, 3.8) is 0 Å². The van der Waals surface area contributed by atoms with Gasteiger partial charge in [0.05, 0.1) is 0 Å². The summed E-state index contributed by atoms with van der Waals surface area (Å²) in [5, 5.41) is 0. The fourth-order valence-corrected chi connectivity index (χ4v) is 2.22. The SMILES string of the molecule is C/C=C\CCCCCCCCCCCC(C)C. The second-order valence-corrected chi connectivity index (χ2v) is 5.72. The van der Waals surface area contributed by atoms with E-state index in [1.54, 1.807) is 0 Å². The zero-order valence-electron chi connectivity index (χ0n) is 12.5. The summed E-state index contributed by atoms with van der Waals surface area (Å²) in [6, 6.07) is 0. The zero-order valence-corrected chi connectivity index (χ0v) is 12.5. The summed E-state index contributed by atoms with van der Waals surface area (Å²) in [6.07, 6.45) is 20.2. The first-order valence-corrected chi connectivity index (χ1v) is 7.88. The molecule has 17 heavy (non-hydrogen) atoms. The van der Waals surface area contributed by atoms with Gasteiger partial charge >= 0.3 is 0 Å². The molecular formula is C17H34. The molecule has 0 fully saturated rings. The molecule has 0 radical (unpaired) electrons. The molecule has 0 atom stereocenters. The van der Waals surface area contributed by atoms with Gasteiger partial charge in [-0.25, -0.2) is 0 Å². The van der Waals surface area contributed by atoms with Gasteiger partial charge < -0.3 is 0 Å². The van der Waals surface area contributed by atoms with Gasteiger partial charge in [0, 0.05) is 0 Å². The Hall–Kier alpha value is -0.260. The van der Waals surface area contributed by atoms with E-state index in [9.17, 15) is 0 Å². The zero-order chi connectivity index (χ0) is 12.8. The lowest BCUT2D eigenvalue weighted by molar-refractivity contribution is 0.506. The smallest absolute Gasteiger partial charge is 0.0351 e. The summed E-state index contributed by atoms with van der Waals surface area (Å²) in [6.45, 7) is 6.76. The van der Waals surface area contributed by atoms with Crippen molar-refractivity contribution >= 4 is 0 Å². The molecule has 0 aromatic heterocycles. The van der Waals surface area contributed by atoms with Crippen LogP contribution in [-0.2, 0) is 0 Å². The first-order chi connectivity index (χ1) is 8.27. The van der Waals surface area contributed by atoms with Crippen molar-refractivity contribution in [2.75, 3.05) is 0 Å². The predicted molar refractivity (Wildman–Crippen MR) is 80.4 cm³/mol. The van der Waals surface area contributed by atoms with E-state index in [1.165, 1.54) is 70.6 Å². The van der Waals surface area contributed by atoms with Crippen molar-refractivity contribution in [2.24, 2.45) is 5.92 Å². The highest BCUT2D eigenvalue weighted by Gasteiger charge is 1.95. The molecular weight excluding hydrogens is 204 g/mol. The van der Waals surface area contributed by atoms with Gasteiger partial charge in [-0.05, 0) is 25.7 Å². The van der Waals surface area contributed by atoms with Gasteiger partial charge in [0.15, 0.2) is 0 Å². The minimum atomic E-state index is 0.896. The average molecular weight is 238 g/mol. The van der Waals surface area contributed by atoms with Crippen LogP contribution in [0.25, 0.3) is 0 Å². The third kappa shape index (κ3) is 15.7. The van der Waals surface area contributed by atoms with Crippen molar-refractivity contribution in [1.82, 2.24) is 0 Å². The Morgan fingerprint density at radius 1 is 0.706 bits per heavy atom. The molecule has 0 bridgehead atoms. The van der Waals surface area contributed by atoms with E-state index in [0.717, 1.165) is 5.92 Å². The average Bonchev–Trinajstić information content (AvgIpc) is 2.30. The molecule has 0 N–H and O–H groups in total. The summed E-state index contributed by atoms with van der Waals surface area (Å²) in [7, 11) is 0. The van der Waals surface area contributed by atoms with E-state index >= 15 is 0 Å². The first-order valence-electron chi connectivity index (χ1n) is 7.88. The summed E-state index contributed by atoms with van der Waals surface area (Å²) < 4.78 is 0. The lowest BCUT2D eigenvalue weighted by Gasteiger charge is -2.04. The highest BCUT2D eigenvalue weighted by molar-refractivity contribution is 4.76. The Labute approximate surface area is 110 Å². The Morgan fingerprint density at radius 3 is 1.65 bits per heavy atom. The van der Waals surface area contributed by atoms with Crippen molar-refractivity contribution in [3.05, 3.63) is 12.2 Å². The van der Waals surface area contributed by atoms with Crippen molar-refractivity contribution in [1.29, 1.82) is 0 Å². The van der Waals surface area contributed by atoms with E-state index in [4.69, 9.17) is 0 Å². The van der Waals surface area contributed by atoms with E-state index in [-0.39, 0.29) is 0 Å². The van der Waals surface area contributed by atoms with Gasteiger partial charge in [-0.3, -0.25) is 0 Å². The van der Waals surface area contributed by atoms with Gasteiger partial charge in [0.25, 0.3) is 0 Å². The molecule has 102 valence electrons. The first kappa shape index (κ1) is 16.7. The summed E-state index contributed by atoms with van der Waals surface area (Å²) in [5.74, 6) is 0.896. The molecule has 0 aliphatic carbocycles. The maximum atomic E-state index is 2.33. The van der Waals surface area contributed by atoms with Gasteiger partial charge in [-0.15, -0.1) is 0 Å². The van der Waals surface area contributed by atoms with E-state index < -0.39 is 0 Å². The Kier molecular flexibility index (Phi) is 13.6. The topological polar surface area (TPSA) is 0 Å². The van der Waals surface area contributed by atoms with Crippen LogP contribution < -0.4 is 0 Å². The molecule has 0 aliphatic heterocycles. The summed E-state index contributed by atoms with van der Waals surface area (Å²) in [4.78, 5) is 0. The number of allylic oxidation sites excluding steroid dienone is 2. The van der Waals surface area contributed by atoms with Crippen LogP contribution >= 0.6 is 0 Å². The Bertz CT molecular complexity index is 155. The Balaban J connectivity index is 2.94. The maximum Gasteiger partial charge on any atom is -0.0351 e. The van der Waals surface area contributed by atoms with Crippen molar-refractivity contribution in [3.8, 4) is 0 Å². The monoisotopic (exact) mass is 238 g/mol. The molecule has 0 aromatic carbocycles. The normalized spacial score (nSPS) is 11.8. The van der Waals surface area contributed by atoms with Crippen molar-refractivity contribution in [2.45, 2.75) is 91.4 Å². The second kappa shape index (κ2) is 13.8. The number of unbranched alkanes of at least 4 members (excludes halogenated alkanes) is 9. The van der Waals surface area contributed by atoms with Crippen LogP contribution in [0.4, 0.5) is 0 Å². The highest BCUT2D eigenvalue weighted by atomic mass is 14.0. The third-order valence-corrected chi connectivity index (χ3v) is 3.39. The summed E-state index contributed by atoms with van der Waals surface area (Å²) >= 11 is 0. The quantitative estimate of drug-likeness (QED) is 0.268. The lowest BCUT2D eigenvalue weighted by Crippen LogP contribution is -1.87. The van der Waals surface area contributed by atoms with Crippen LogP contribution in [-0.4, -0.2) is 0 Å². The second-order valence-electron chi connectivity index (χ2n) is 5.72. The number of hydrogen-bond acceptors (Lipinski definition) is 0. The van der Waals surface area contributed by atoms with E-state index in [2.05, 4.69) is 32.9 Å². The minimum Gasteiger partial charge on any atom is -0.0917 e. The Morgan fingerprint density at radius 2 is 1.18 bits per heavy atom. The molecule has 0 aliphatic rings. The van der Waals surface area contributed by atoms with Crippen LogP contribution in [0.5, 0.6) is 0 Å². The van der Waals surface area contributed by atoms with Crippen LogP contribution in [0.2, 0.25) is 0 Å². The highest BCUT2D eigenvalue weighted by Crippen LogP contribution is 2.13. The molecule has 0 rings (SSSR count). The fraction of sp³-hybridized carbons (Fsp3) is 0.882. The van der Waals surface area contributed by atoms with E-state index in [1.807, 2.05) is 0 Å². The van der Waals surface area contributed by atoms with Gasteiger partial charge in [0.2, 0.25) is 0 Å². The van der Waals surface area contributed by atoms with Crippen LogP contribution in [0.1, 0.15) is 91.4 Å². The molecule has 0 spiro atoms. The minimum absolute atomic E-state index is 0.896. The number of rotatable bonds is 12. The fourth-order valence-electron chi connectivity index (χ4n) is 2.22. The van der Waals surface area contributed by atoms with Gasteiger partial charge in [-0.2, -0.15) is 0 Å². The number of hydrogen-bond donors (Lipinski definition) is 0. The predicted octanol–water partition coefficient (Wildman–Crippen LogP) is 6.51. The molecule has 0 aromatic rings. The molecule has 0 heterocycles. The molecule has 0 unspecified atom stereocenters. The summed E-state index contributed by atoms with van der Waals surface area (Å²) in [5.41, 5.74) is 0. The standard InChI is InChI=1S/C17H34/c1-4-5-6-7-8-9-10-11-12-13-14-15-16-17(2)3/h4-5,17H,6-16H2,1-3H3/b5-4-. The molecule has 0 nitrogen and oxygen atoms in total. The van der Waals surface area contributed by atoms with Gasteiger partial charge in [0.1, 0.15) is 0 Å². The maximum absolute atomic E-state index is 2.33. The van der Waals surface area contributed by atoms with Crippen LogP contribution in [0.15, 0.2) is 12.2 Å². The van der Waals surface area contributed by atoms with Crippen LogP contribution in [0.3, 0.4) is 0 Å². The van der Waals surface area contributed by atoms with E-state index in [0.29, 0.717) is 0 Å². The van der Waals surface area contributed by atoms with Crippen molar-refractivity contribution < 1.29 is 0 Å². The van der Waals surface area contributed by atoms with Gasteiger partial charge in [-0.1, -0.05) is 83.8 Å². The molecule has 0 saturated carbocycles. The molecule has 0 heteroatoms. The third-order valence-electron chi connectivity index (χ3n) is 3.39. The lowest BCUT2D eigenvalue weighted by atomic mass is 10.0. The van der Waals surface area contributed by atoms with Crippen LogP contribution in [0, 0.1) is 5.92 Å². The molecule has 0 saturated heterocycles. The molecule has 0 amide bonds. The largest absolute Gasteiger partial charge is 0.0917 e.